The first-order chi connectivity index (χ1) is 6.18. The van der Waals surface area contributed by atoms with Gasteiger partial charge in [0, 0.05) is 6.20 Å². The third-order valence-corrected chi connectivity index (χ3v) is 1.68. The van der Waals surface area contributed by atoms with Crippen LogP contribution in [0.15, 0.2) is 6.20 Å². The summed E-state index contributed by atoms with van der Waals surface area (Å²) < 4.78 is 0. The number of nitrogens with zero attached hydrogens (tertiary/aromatic N) is 3. The van der Waals surface area contributed by atoms with Gasteiger partial charge >= 0.3 is 0 Å². The lowest BCUT2D eigenvalue weighted by Crippen LogP contribution is -2.11. The molecular formula is C7H7N5O. The van der Waals surface area contributed by atoms with E-state index >= 15 is 0 Å². The van der Waals surface area contributed by atoms with E-state index in [1.165, 1.54) is 6.20 Å². The maximum atomic E-state index is 10.9. The Labute approximate surface area is 73.2 Å². The molecule has 3 N–H and O–H groups in total. The van der Waals surface area contributed by atoms with E-state index in [1.807, 2.05) is 0 Å². The molecule has 0 atom stereocenters. The van der Waals surface area contributed by atoms with Crippen LogP contribution >= 0.6 is 0 Å². The monoisotopic (exact) mass is 177 g/mol. The fourth-order valence-electron chi connectivity index (χ4n) is 1.08. The quantitative estimate of drug-likeness (QED) is 0.628. The molecular weight excluding hydrogens is 170 g/mol. The Morgan fingerprint density at radius 1 is 1.62 bits per heavy atom. The number of hydrogen-bond acceptors (Lipinski definition) is 4. The lowest BCUT2D eigenvalue weighted by atomic mass is 10.3. The van der Waals surface area contributed by atoms with Crippen molar-refractivity contribution in [1.29, 1.82) is 0 Å². The van der Waals surface area contributed by atoms with Gasteiger partial charge in [-0.25, -0.2) is 9.97 Å². The van der Waals surface area contributed by atoms with Gasteiger partial charge in [0.25, 0.3) is 5.91 Å². The van der Waals surface area contributed by atoms with Crippen molar-refractivity contribution in [2.75, 3.05) is 0 Å². The number of carbonyl (C=O) groups is 1. The van der Waals surface area contributed by atoms with Crippen molar-refractivity contribution < 1.29 is 4.79 Å². The zero-order valence-electron chi connectivity index (χ0n) is 6.90. The van der Waals surface area contributed by atoms with Gasteiger partial charge in [0.1, 0.15) is 11.5 Å². The van der Waals surface area contributed by atoms with Gasteiger partial charge in [-0.15, -0.1) is 0 Å². The number of hydrogen-bond donors (Lipinski definition) is 2. The molecule has 2 rings (SSSR count). The van der Waals surface area contributed by atoms with Crippen LogP contribution in [-0.2, 0) is 0 Å². The summed E-state index contributed by atoms with van der Waals surface area (Å²) in [6.07, 6.45) is 1.53. The fourth-order valence-corrected chi connectivity index (χ4v) is 1.08. The first-order valence-electron chi connectivity index (χ1n) is 3.66. The summed E-state index contributed by atoms with van der Waals surface area (Å²) in [5.74, 6) is 0.0463. The minimum atomic E-state index is -0.560. The molecule has 0 bridgehead atoms. The van der Waals surface area contributed by atoms with Crippen LogP contribution in [0.3, 0.4) is 0 Å². The summed E-state index contributed by atoms with van der Waals surface area (Å²) in [6, 6.07) is 0. The smallest absolute Gasteiger partial charge is 0.267 e. The molecule has 2 heterocycles. The van der Waals surface area contributed by atoms with Crippen molar-refractivity contribution in [3.05, 3.63) is 17.7 Å². The van der Waals surface area contributed by atoms with Crippen LogP contribution in [0.5, 0.6) is 0 Å². The highest BCUT2D eigenvalue weighted by molar-refractivity contribution is 6.02. The molecule has 0 aliphatic heterocycles. The molecule has 1 amide bonds. The summed E-state index contributed by atoms with van der Waals surface area (Å²) >= 11 is 0. The Balaban J connectivity index is 2.76. The van der Waals surface area contributed by atoms with E-state index < -0.39 is 5.91 Å². The number of aryl methyl sites for hydroxylation is 1. The molecule has 0 aliphatic carbocycles. The van der Waals surface area contributed by atoms with E-state index in [2.05, 4.69) is 20.2 Å². The first-order valence-corrected chi connectivity index (χ1v) is 3.66. The van der Waals surface area contributed by atoms with E-state index in [9.17, 15) is 4.79 Å². The van der Waals surface area contributed by atoms with Crippen molar-refractivity contribution in [2.24, 2.45) is 5.73 Å². The Morgan fingerprint density at radius 3 is 3.08 bits per heavy atom. The minimum absolute atomic E-state index is 0.245. The number of fused-ring (bicyclic) bond motifs is 1. The van der Waals surface area contributed by atoms with Crippen LogP contribution in [0.25, 0.3) is 11.0 Å². The van der Waals surface area contributed by atoms with Gasteiger partial charge in [-0.1, -0.05) is 0 Å². The Hall–Kier alpha value is -1.98. The summed E-state index contributed by atoms with van der Waals surface area (Å²) in [5.41, 5.74) is 5.80. The third-order valence-electron chi connectivity index (χ3n) is 1.68. The maximum Gasteiger partial charge on any atom is 0.267 e. The Bertz CT molecular complexity index is 475. The Morgan fingerprint density at radius 2 is 2.38 bits per heavy atom. The van der Waals surface area contributed by atoms with Gasteiger partial charge in [-0.2, -0.15) is 5.10 Å². The van der Waals surface area contributed by atoms with Crippen LogP contribution in [-0.4, -0.2) is 26.1 Å². The second-order valence-electron chi connectivity index (χ2n) is 2.62. The van der Waals surface area contributed by atoms with Gasteiger partial charge in [0.15, 0.2) is 5.65 Å². The third kappa shape index (κ3) is 1.12. The summed E-state index contributed by atoms with van der Waals surface area (Å²) in [4.78, 5) is 18.8. The molecule has 2 aromatic heterocycles. The highest BCUT2D eigenvalue weighted by atomic mass is 16.1. The molecule has 0 saturated carbocycles. The topological polar surface area (TPSA) is 97.5 Å². The summed E-state index contributed by atoms with van der Waals surface area (Å²) in [7, 11) is 0. The molecule has 0 saturated heterocycles. The van der Waals surface area contributed by atoms with Crippen molar-refractivity contribution >= 4 is 16.9 Å². The van der Waals surface area contributed by atoms with Gasteiger partial charge < -0.3 is 5.73 Å². The van der Waals surface area contributed by atoms with E-state index in [-0.39, 0.29) is 5.69 Å². The van der Waals surface area contributed by atoms with Gasteiger partial charge in [0.05, 0.1) is 5.39 Å². The average molecular weight is 177 g/mol. The molecule has 0 radical (unpaired) electrons. The lowest BCUT2D eigenvalue weighted by Gasteiger charge is -1.91. The normalized spacial score (nSPS) is 10.5. The standard InChI is InChI=1S/C7H7N5O/c1-3-9-2-4-5(6(8)13)11-12-7(4)10-3/h2H,1H3,(H2,8,13)(H,9,10,11,12). The van der Waals surface area contributed by atoms with Gasteiger partial charge in [-0.3, -0.25) is 9.89 Å². The molecule has 0 fully saturated rings. The van der Waals surface area contributed by atoms with Crippen LogP contribution < -0.4 is 5.73 Å². The number of rotatable bonds is 1. The second-order valence-corrected chi connectivity index (χ2v) is 2.62. The van der Waals surface area contributed by atoms with E-state index in [1.54, 1.807) is 6.92 Å². The molecule has 6 heteroatoms. The minimum Gasteiger partial charge on any atom is -0.364 e. The zero-order chi connectivity index (χ0) is 9.42. The molecule has 13 heavy (non-hydrogen) atoms. The summed E-state index contributed by atoms with van der Waals surface area (Å²) in [6.45, 7) is 1.75. The average Bonchev–Trinajstić information content (AvgIpc) is 2.46. The molecule has 2 aromatic rings. The van der Waals surface area contributed by atoms with Crippen LogP contribution in [0, 0.1) is 6.92 Å². The molecule has 6 nitrogen and oxygen atoms in total. The van der Waals surface area contributed by atoms with Gasteiger partial charge in [-0.05, 0) is 6.92 Å². The van der Waals surface area contributed by atoms with Crippen LogP contribution in [0.1, 0.15) is 16.3 Å². The zero-order valence-corrected chi connectivity index (χ0v) is 6.90. The lowest BCUT2D eigenvalue weighted by molar-refractivity contribution is 0.0997. The molecule has 0 aliphatic rings. The largest absolute Gasteiger partial charge is 0.364 e. The summed E-state index contributed by atoms with van der Waals surface area (Å²) in [5, 5.41) is 6.89. The molecule has 0 aromatic carbocycles. The number of aromatic amines is 1. The number of primary amides is 1. The van der Waals surface area contributed by atoms with E-state index in [0.29, 0.717) is 16.9 Å². The van der Waals surface area contributed by atoms with E-state index in [4.69, 9.17) is 5.73 Å². The molecule has 0 spiro atoms. The van der Waals surface area contributed by atoms with E-state index in [0.717, 1.165) is 0 Å². The van der Waals surface area contributed by atoms with Crippen molar-refractivity contribution in [3.8, 4) is 0 Å². The van der Waals surface area contributed by atoms with Crippen molar-refractivity contribution in [2.45, 2.75) is 6.92 Å². The predicted molar refractivity (Wildman–Crippen MR) is 44.9 cm³/mol. The Kier molecular flexibility index (Phi) is 1.48. The van der Waals surface area contributed by atoms with Crippen molar-refractivity contribution in [1.82, 2.24) is 20.2 Å². The number of carbonyl (C=O) groups excluding carboxylic acids is 1. The highest BCUT2D eigenvalue weighted by Crippen LogP contribution is 2.11. The number of amides is 1. The maximum absolute atomic E-state index is 10.9. The second kappa shape index (κ2) is 2.51. The SMILES string of the molecule is Cc1ncc2c(C(N)=O)[nH]nc2n1. The number of nitrogens with two attached hydrogens (primary N) is 1. The fraction of sp³-hybridized carbons (Fsp3) is 0.143. The van der Waals surface area contributed by atoms with Crippen LogP contribution in [0.2, 0.25) is 0 Å². The number of H-pyrrole nitrogens is 1. The predicted octanol–water partition coefficient (Wildman–Crippen LogP) is -0.240. The first kappa shape index (κ1) is 7.66. The number of aromatic nitrogens is 4. The highest BCUT2D eigenvalue weighted by Gasteiger charge is 2.10. The van der Waals surface area contributed by atoms with Crippen LogP contribution in [0.4, 0.5) is 0 Å². The number of nitrogens with one attached hydrogen (secondary N) is 1. The molecule has 66 valence electrons. The van der Waals surface area contributed by atoms with Crippen molar-refractivity contribution in [3.63, 3.8) is 0 Å². The molecule has 0 unspecified atom stereocenters. The van der Waals surface area contributed by atoms with Gasteiger partial charge in [0.2, 0.25) is 0 Å².